The molecular formula is C17H28N2O2. The fourth-order valence-electron chi connectivity index (χ4n) is 2.13. The van der Waals surface area contributed by atoms with Gasteiger partial charge in [0.05, 0.1) is 6.61 Å². The van der Waals surface area contributed by atoms with Crippen molar-refractivity contribution in [3.8, 4) is 5.75 Å². The Morgan fingerprint density at radius 1 is 1.14 bits per heavy atom. The molecule has 1 aliphatic rings. The van der Waals surface area contributed by atoms with Crippen molar-refractivity contribution in [3.05, 3.63) is 29.8 Å². The van der Waals surface area contributed by atoms with E-state index in [1.54, 1.807) is 0 Å². The summed E-state index contributed by atoms with van der Waals surface area (Å²) >= 11 is 0. The molecule has 1 N–H and O–H groups in total. The highest BCUT2D eigenvalue weighted by Crippen LogP contribution is 2.22. The van der Waals surface area contributed by atoms with Crippen LogP contribution in [0.4, 0.5) is 0 Å². The average molecular weight is 292 g/mol. The number of nitrogens with one attached hydrogen (secondary N) is 1. The molecule has 1 aromatic carbocycles. The average Bonchev–Trinajstić information content (AvgIpc) is 3.29. The maximum atomic E-state index is 5.84. The van der Waals surface area contributed by atoms with Crippen molar-refractivity contribution in [3.63, 3.8) is 0 Å². The number of hydrogen-bond donors (Lipinski definition) is 1. The predicted octanol–water partition coefficient (Wildman–Crippen LogP) is 2.29. The lowest BCUT2D eigenvalue weighted by molar-refractivity contribution is 0.0943. The molecule has 0 amide bonds. The Morgan fingerprint density at radius 3 is 2.71 bits per heavy atom. The van der Waals surface area contributed by atoms with Gasteiger partial charge in [-0.2, -0.15) is 0 Å². The van der Waals surface area contributed by atoms with Crippen LogP contribution in [-0.2, 0) is 11.3 Å². The molecule has 0 unspecified atom stereocenters. The number of nitrogens with zero attached hydrogens (tertiary/aromatic N) is 1. The van der Waals surface area contributed by atoms with Crippen molar-refractivity contribution in [2.45, 2.75) is 31.8 Å². The zero-order valence-electron chi connectivity index (χ0n) is 13.3. The fraction of sp³-hybridized carbons (Fsp3) is 0.647. The Morgan fingerprint density at radius 2 is 1.95 bits per heavy atom. The lowest BCUT2D eigenvalue weighted by Gasteiger charge is -2.13. The van der Waals surface area contributed by atoms with Gasteiger partial charge in [0.1, 0.15) is 12.4 Å². The first-order chi connectivity index (χ1) is 10.3. The van der Waals surface area contributed by atoms with Gasteiger partial charge >= 0.3 is 0 Å². The summed E-state index contributed by atoms with van der Waals surface area (Å²) in [5.74, 6) is 0.975. The van der Waals surface area contributed by atoms with Gasteiger partial charge in [-0.15, -0.1) is 0 Å². The Bertz CT molecular complexity index is 406. The number of hydrogen-bond acceptors (Lipinski definition) is 4. The van der Waals surface area contributed by atoms with Crippen molar-refractivity contribution < 1.29 is 9.47 Å². The van der Waals surface area contributed by atoms with Crippen molar-refractivity contribution in [2.24, 2.45) is 0 Å². The summed E-state index contributed by atoms with van der Waals surface area (Å²) in [6, 6.07) is 8.97. The van der Waals surface area contributed by atoms with Crippen LogP contribution >= 0.6 is 0 Å². The van der Waals surface area contributed by atoms with E-state index in [0.717, 1.165) is 37.9 Å². The first-order valence-electron chi connectivity index (χ1n) is 7.92. The van der Waals surface area contributed by atoms with Gasteiger partial charge < -0.3 is 19.7 Å². The summed E-state index contributed by atoms with van der Waals surface area (Å²) in [7, 11) is 4.16. The number of ether oxygens (including phenoxy) is 2. The lowest BCUT2D eigenvalue weighted by atomic mass is 10.2. The molecule has 0 aliphatic heterocycles. The fourth-order valence-corrected chi connectivity index (χ4v) is 2.13. The van der Waals surface area contributed by atoms with Gasteiger partial charge in [-0.3, -0.25) is 0 Å². The van der Waals surface area contributed by atoms with Crippen molar-refractivity contribution in [1.82, 2.24) is 10.2 Å². The van der Waals surface area contributed by atoms with E-state index in [9.17, 15) is 0 Å². The van der Waals surface area contributed by atoms with E-state index in [1.165, 1.54) is 18.4 Å². The van der Waals surface area contributed by atoms with E-state index in [1.807, 2.05) is 12.1 Å². The summed E-state index contributed by atoms with van der Waals surface area (Å²) in [5, 5.41) is 3.53. The van der Waals surface area contributed by atoms with Gasteiger partial charge in [0.2, 0.25) is 0 Å². The molecule has 2 rings (SSSR count). The minimum absolute atomic E-state index is 0.613. The zero-order chi connectivity index (χ0) is 14.9. The molecule has 1 saturated carbocycles. The highest BCUT2D eigenvalue weighted by Gasteiger charge is 2.20. The maximum Gasteiger partial charge on any atom is 0.123 e. The van der Waals surface area contributed by atoms with E-state index < -0.39 is 0 Å². The molecule has 1 fully saturated rings. The Hall–Kier alpha value is -1.10. The first-order valence-corrected chi connectivity index (χ1v) is 7.92. The summed E-state index contributed by atoms with van der Waals surface area (Å²) in [5.41, 5.74) is 1.23. The van der Waals surface area contributed by atoms with Crippen LogP contribution in [0.2, 0.25) is 0 Å². The van der Waals surface area contributed by atoms with Gasteiger partial charge in [0.25, 0.3) is 0 Å². The molecule has 118 valence electrons. The van der Waals surface area contributed by atoms with Crippen LogP contribution in [0, 0.1) is 0 Å². The molecular weight excluding hydrogens is 264 g/mol. The molecule has 4 heteroatoms. The van der Waals surface area contributed by atoms with Gasteiger partial charge in [-0.05, 0) is 46.0 Å². The summed E-state index contributed by atoms with van der Waals surface area (Å²) in [6.07, 6.45) is 3.68. The van der Waals surface area contributed by atoms with Crippen molar-refractivity contribution >= 4 is 0 Å². The molecule has 0 radical (unpaired) electrons. The van der Waals surface area contributed by atoms with E-state index >= 15 is 0 Å². The van der Waals surface area contributed by atoms with Crippen LogP contribution in [0.3, 0.4) is 0 Å². The molecule has 0 saturated heterocycles. The summed E-state index contributed by atoms with van der Waals surface area (Å²) in [4.78, 5) is 2.17. The molecule has 1 aromatic rings. The molecule has 21 heavy (non-hydrogen) atoms. The molecule has 0 heterocycles. The normalized spacial score (nSPS) is 14.6. The van der Waals surface area contributed by atoms with Crippen LogP contribution in [0.5, 0.6) is 5.75 Å². The molecule has 0 bridgehead atoms. The second kappa shape index (κ2) is 9.03. The van der Waals surface area contributed by atoms with E-state index in [-0.39, 0.29) is 0 Å². The second-order valence-corrected chi connectivity index (χ2v) is 5.88. The second-order valence-electron chi connectivity index (χ2n) is 5.88. The Balaban J connectivity index is 1.60. The minimum Gasteiger partial charge on any atom is -0.491 e. The quantitative estimate of drug-likeness (QED) is 0.635. The van der Waals surface area contributed by atoms with Crippen molar-refractivity contribution in [1.29, 1.82) is 0 Å². The van der Waals surface area contributed by atoms with E-state index in [4.69, 9.17) is 9.47 Å². The molecule has 4 nitrogen and oxygen atoms in total. The maximum absolute atomic E-state index is 5.84. The third kappa shape index (κ3) is 6.93. The van der Waals surface area contributed by atoms with Crippen LogP contribution < -0.4 is 10.1 Å². The smallest absolute Gasteiger partial charge is 0.123 e. The largest absolute Gasteiger partial charge is 0.491 e. The predicted molar refractivity (Wildman–Crippen MR) is 85.8 cm³/mol. The van der Waals surface area contributed by atoms with Crippen LogP contribution in [0.15, 0.2) is 24.3 Å². The van der Waals surface area contributed by atoms with Crippen LogP contribution in [0.1, 0.15) is 24.8 Å². The van der Waals surface area contributed by atoms with E-state index in [2.05, 4.69) is 36.4 Å². The minimum atomic E-state index is 0.613. The topological polar surface area (TPSA) is 33.7 Å². The molecule has 0 aromatic heterocycles. The standard InChI is InChI=1S/C17H28N2O2/c1-19(2)10-5-11-20-12-13-21-17-7-4-3-6-15(17)14-18-16-8-9-16/h3-4,6-7,16,18H,5,8-14H2,1-2H3. The third-order valence-corrected chi connectivity index (χ3v) is 3.51. The highest BCUT2D eigenvalue weighted by molar-refractivity contribution is 5.33. The van der Waals surface area contributed by atoms with Gasteiger partial charge in [-0.1, -0.05) is 18.2 Å². The highest BCUT2D eigenvalue weighted by atomic mass is 16.5. The molecule has 0 spiro atoms. The van der Waals surface area contributed by atoms with Gasteiger partial charge in [-0.25, -0.2) is 0 Å². The monoisotopic (exact) mass is 292 g/mol. The van der Waals surface area contributed by atoms with Crippen LogP contribution in [-0.4, -0.2) is 51.4 Å². The lowest BCUT2D eigenvalue weighted by Crippen LogP contribution is -2.17. The summed E-state index contributed by atoms with van der Waals surface area (Å²) < 4.78 is 11.4. The number of benzene rings is 1. The van der Waals surface area contributed by atoms with Gasteiger partial charge in [0, 0.05) is 24.8 Å². The van der Waals surface area contributed by atoms with Gasteiger partial charge in [0.15, 0.2) is 0 Å². The Kier molecular flexibility index (Phi) is 7.00. The molecule has 0 atom stereocenters. The number of para-hydroxylation sites is 1. The third-order valence-electron chi connectivity index (χ3n) is 3.51. The SMILES string of the molecule is CN(C)CCCOCCOc1ccccc1CNC1CC1. The Labute approximate surface area is 128 Å². The number of rotatable bonds is 11. The zero-order valence-corrected chi connectivity index (χ0v) is 13.3. The first kappa shape index (κ1) is 16.3. The molecule has 1 aliphatic carbocycles. The van der Waals surface area contributed by atoms with E-state index in [0.29, 0.717) is 13.2 Å². The summed E-state index contributed by atoms with van der Waals surface area (Å²) in [6.45, 7) is 4.02. The van der Waals surface area contributed by atoms with Crippen molar-refractivity contribution in [2.75, 3.05) is 40.5 Å². The van der Waals surface area contributed by atoms with Crippen LogP contribution in [0.25, 0.3) is 0 Å².